The van der Waals surface area contributed by atoms with E-state index in [4.69, 9.17) is 23.2 Å². The number of amides is 3. The molecule has 3 amide bonds. The molecule has 4 rings (SSSR count). The number of carbonyl (C=O) groups excluding carboxylic acids is 3. The van der Waals surface area contributed by atoms with Gasteiger partial charge in [0.15, 0.2) is 0 Å². The van der Waals surface area contributed by atoms with E-state index in [1.807, 2.05) is 0 Å². The zero-order valence-corrected chi connectivity index (χ0v) is 18.7. The smallest absolute Gasteiger partial charge is 0.283 e. The molecule has 0 saturated carbocycles. The third kappa shape index (κ3) is 4.33. The van der Waals surface area contributed by atoms with Crippen LogP contribution in [0.15, 0.2) is 77.5 Å². The van der Waals surface area contributed by atoms with Crippen LogP contribution in [-0.2, 0) is 9.59 Å². The number of hydrogen-bond acceptors (Lipinski definition) is 4. The number of nitrogens with one attached hydrogen (secondary N) is 2. The summed E-state index contributed by atoms with van der Waals surface area (Å²) in [7, 11) is 0. The van der Waals surface area contributed by atoms with Crippen molar-refractivity contribution in [1.82, 2.24) is 0 Å². The van der Waals surface area contributed by atoms with Crippen molar-refractivity contribution in [2.75, 3.05) is 15.5 Å². The first-order chi connectivity index (χ1) is 15.8. The number of carbonyl (C=O) groups is 3. The predicted octanol–water partition coefficient (Wildman–Crippen LogP) is 5.48. The van der Waals surface area contributed by atoms with Gasteiger partial charge in [0.25, 0.3) is 17.7 Å². The molecule has 9 heteroatoms. The Labute approximate surface area is 198 Å². The number of halogens is 3. The van der Waals surface area contributed by atoms with Gasteiger partial charge in [0, 0.05) is 16.3 Å². The topological polar surface area (TPSA) is 78.5 Å². The van der Waals surface area contributed by atoms with Crippen molar-refractivity contribution in [3.05, 3.63) is 99.4 Å². The first-order valence-electron chi connectivity index (χ1n) is 9.74. The standard InChI is InChI=1S/C24H16Cl2FN3O3/c1-13-16(25)5-4-8-19(13)30-23(32)20(26)21(24(30)33)28-15-11-9-14(10-12-15)22(31)29-18-7-3-2-6-17(18)27/h2-12,28H,1H3,(H,29,31). The molecule has 0 unspecified atom stereocenters. The molecule has 0 radical (unpaired) electrons. The van der Waals surface area contributed by atoms with E-state index in [2.05, 4.69) is 10.6 Å². The predicted molar refractivity (Wildman–Crippen MR) is 126 cm³/mol. The van der Waals surface area contributed by atoms with Crippen LogP contribution in [0.5, 0.6) is 0 Å². The van der Waals surface area contributed by atoms with E-state index in [0.29, 0.717) is 22.0 Å². The van der Waals surface area contributed by atoms with Crippen molar-refractivity contribution in [3.63, 3.8) is 0 Å². The molecule has 3 aromatic carbocycles. The number of imide groups is 1. The fourth-order valence-electron chi connectivity index (χ4n) is 3.27. The molecule has 0 saturated heterocycles. The Kier molecular flexibility index (Phi) is 6.18. The SMILES string of the molecule is Cc1c(Cl)cccc1N1C(=O)C(Cl)=C(Nc2ccc(C(=O)Nc3ccccc3F)cc2)C1=O. The fourth-order valence-corrected chi connectivity index (χ4v) is 3.66. The van der Waals surface area contributed by atoms with E-state index >= 15 is 0 Å². The molecule has 0 fully saturated rings. The normalized spacial score (nSPS) is 13.5. The second-order valence-corrected chi connectivity index (χ2v) is 7.94. The first-order valence-corrected chi connectivity index (χ1v) is 10.5. The van der Waals surface area contributed by atoms with Crippen LogP contribution in [0.3, 0.4) is 0 Å². The summed E-state index contributed by atoms with van der Waals surface area (Å²) in [6.07, 6.45) is 0. The minimum Gasteiger partial charge on any atom is -0.350 e. The monoisotopic (exact) mass is 483 g/mol. The van der Waals surface area contributed by atoms with E-state index in [-0.39, 0.29) is 22.0 Å². The minimum atomic E-state index is -0.671. The van der Waals surface area contributed by atoms with Crippen molar-refractivity contribution >= 4 is 58.0 Å². The molecule has 0 atom stereocenters. The number of rotatable bonds is 5. The molecular weight excluding hydrogens is 468 g/mol. The molecule has 0 bridgehead atoms. The second-order valence-electron chi connectivity index (χ2n) is 7.15. The van der Waals surface area contributed by atoms with Gasteiger partial charge in [-0.3, -0.25) is 14.4 Å². The Morgan fingerprint density at radius 2 is 1.61 bits per heavy atom. The van der Waals surface area contributed by atoms with E-state index < -0.39 is 23.5 Å². The number of hydrogen-bond donors (Lipinski definition) is 2. The Bertz CT molecular complexity index is 1320. The molecule has 1 aliphatic rings. The maximum atomic E-state index is 13.8. The van der Waals surface area contributed by atoms with Crippen LogP contribution in [0.2, 0.25) is 5.02 Å². The second kappa shape index (κ2) is 9.05. The summed E-state index contributed by atoms with van der Waals surface area (Å²) >= 11 is 12.3. The van der Waals surface area contributed by atoms with Crippen molar-refractivity contribution in [2.45, 2.75) is 6.92 Å². The van der Waals surface area contributed by atoms with Gasteiger partial charge < -0.3 is 10.6 Å². The Balaban J connectivity index is 1.51. The van der Waals surface area contributed by atoms with Gasteiger partial charge >= 0.3 is 0 Å². The van der Waals surface area contributed by atoms with Crippen LogP contribution in [0.4, 0.5) is 21.5 Å². The highest BCUT2D eigenvalue weighted by Gasteiger charge is 2.39. The van der Waals surface area contributed by atoms with Crippen LogP contribution >= 0.6 is 23.2 Å². The molecule has 0 aliphatic carbocycles. The lowest BCUT2D eigenvalue weighted by atomic mass is 10.1. The third-order valence-corrected chi connectivity index (χ3v) is 5.81. The van der Waals surface area contributed by atoms with Gasteiger partial charge in [-0.2, -0.15) is 0 Å². The summed E-state index contributed by atoms with van der Waals surface area (Å²) in [5.74, 6) is -2.35. The average molecular weight is 484 g/mol. The van der Waals surface area contributed by atoms with Gasteiger partial charge in [-0.25, -0.2) is 9.29 Å². The van der Waals surface area contributed by atoms with Gasteiger partial charge in [-0.1, -0.05) is 41.4 Å². The summed E-state index contributed by atoms with van der Waals surface area (Å²) in [4.78, 5) is 39.0. The summed E-state index contributed by atoms with van der Waals surface area (Å²) in [5.41, 5.74) is 1.58. The first kappa shape index (κ1) is 22.5. The van der Waals surface area contributed by atoms with Gasteiger partial charge in [0.1, 0.15) is 16.5 Å². The van der Waals surface area contributed by atoms with Crippen LogP contribution < -0.4 is 15.5 Å². The fraction of sp³-hybridized carbons (Fsp3) is 0.0417. The van der Waals surface area contributed by atoms with Crippen molar-refractivity contribution < 1.29 is 18.8 Å². The van der Waals surface area contributed by atoms with Crippen LogP contribution in [0, 0.1) is 12.7 Å². The number of benzene rings is 3. The quantitative estimate of drug-likeness (QED) is 0.471. The van der Waals surface area contributed by atoms with E-state index in [1.54, 1.807) is 43.3 Å². The zero-order chi connectivity index (χ0) is 23.7. The summed E-state index contributed by atoms with van der Waals surface area (Å²) in [6.45, 7) is 1.70. The van der Waals surface area contributed by atoms with Gasteiger partial charge in [0.2, 0.25) is 0 Å². The van der Waals surface area contributed by atoms with Gasteiger partial charge in [0.05, 0.1) is 11.4 Å². The van der Waals surface area contributed by atoms with Crippen molar-refractivity contribution in [2.24, 2.45) is 0 Å². The molecule has 33 heavy (non-hydrogen) atoms. The molecule has 1 heterocycles. The van der Waals surface area contributed by atoms with Gasteiger partial charge in [-0.15, -0.1) is 0 Å². The molecule has 0 aromatic heterocycles. The van der Waals surface area contributed by atoms with Crippen molar-refractivity contribution in [3.8, 4) is 0 Å². The number of anilines is 3. The summed E-state index contributed by atoms with van der Waals surface area (Å²) in [6, 6.07) is 16.8. The Morgan fingerprint density at radius 1 is 0.909 bits per heavy atom. The maximum Gasteiger partial charge on any atom is 0.283 e. The van der Waals surface area contributed by atoms with E-state index in [1.165, 1.54) is 30.3 Å². The van der Waals surface area contributed by atoms with E-state index in [0.717, 1.165) is 4.90 Å². The molecule has 1 aliphatic heterocycles. The van der Waals surface area contributed by atoms with Crippen LogP contribution in [0.1, 0.15) is 15.9 Å². The van der Waals surface area contributed by atoms with Crippen LogP contribution in [0.25, 0.3) is 0 Å². The molecular formula is C24H16Cl2FN3O3. The minimum absolute atomic E-state index is 0.0631. The number of nitrogens with zero attached hydrogens (tertiary/aromatic N) is 1. The van der Waals surface area contributed by atoms with E-state index in [9.17, 15) is 18.8 Å². The molecule has 3 aromatic rings. The third-order valence-electron chi connectivity index (χ3n) is 5.05. The highest BCUT2D eigenvalue weighted by molar-refractivity contribution is 6.53. The summed E-state index contributed by atoms with van der Waals surface area (Å²) < 4.78 is 13.8. The Morgan fingerprint density at radius 3 is 2.30 bits per heavy atom. The molecule has 6 nitrogen and oxygen atoms in total. The maximum absolute atomic E-state index is 13.8. The Hall–Kier alpha value is -3.68. The largest absolute Gasteiger partial charge is 0.350 e. The zero-order valence-electron chi connectivity index (χ0n) is 17.2. The molecule has 2 N–H and O–H groups in total. The highest BCUT2D eigenvalue weighted by atomic mass is 35.5. The molecule has 0 spiro atoms. The summed E-state index contributed by atoms with van der Waals surface area (Å²) in [5, 5.41) is 5.48. The van der Waals surface area contributed by atoms with Crippen LogP contribution in [-0.4, -0.2) is 17.7 Å². The lowest BCUT2D eigenvalue weighted by Crippen LogP contribution is -2.32. The van der Waals surface area contributed by atoms with Crippen molar-refractivity contribution in [1.29, 1.82) is 0 Å². The molecule has 166 valence electrons. The highest BCUT2D eigenvalue weighted by Crippen LogP contribution is 2.34. The lowest BCUT2D eigenvalue weighted by Gasteiger charge is -2.18. The number of para-hydroxylation sites is 1. The lowest BCUT2D eigenvalue weighted by molar-refractivity contribution is -0.120. The van der Waals surface area contributed by atoms with Gasteiger partial charge in [-0.05, 0) is 61.0 Å². The average Bonchev–Trinajstić information content (AvgIpc) is 3.01.